The maximum absolute atomic E-state index is 8.95. The molecule has 0 radical (unpaired) electrons. The largest absolute Gasteiger partial charge is 0.550 e. The van der Waals surface area contributed by atoms with Gasteiger partial charge in [0, 0.05) is 16.7 Å². The predicted octanol–water partition coefficient (Wildman–Crippen LogP) is -1.22. The molecule has 1 N–H and O–H groups in total. The van der Waals surface area contributed by atoms with Crippen LogP contribution in [-0.2, 0) is 14.1 Å². The van der Waals surface area contributed by atoms with Gasteiger partial charge in [0.05, 0.1) is 0 Å². The number of hydrogen-bond donors (Lipinski definition) is 1. The number of carboxylic acids is 1. The van der Waals surface area contributed by atoms with Crippen molar-refractivity contribution in [2.24, 2.45) is 0 Å². The lowest BCUT2D eigenvalue weighted by Gasteiger charge is -1.77. The van der Waals surface area contributed by atoms with Crippen LogP contribution in [0.4, 0.5) is 0 Å². The van der Waals surface area contributed by atoms with Crippen molar-refractivity contribution >= 4 is 26.0 Å². The second-order valence-corrected chi connectivity index (χ2v) is 2.90. The van der Waals surface area contributed by atoms with Gasteiger partial charge < -0.3 is 9.90 Å². The summed E-state index contributed by atoms with van der Waals surface area (Å²) in [5, 5.41) is 8.89. The van der Waals surface area contributed by atoms with Crippen LogP contribution in [0.3, 0.4) is 0 Å². The topological polar surface area (TPSA) is 94.5 Å². The second-order valence-electron chi connectivity index (χ2n) is 0.904. The third-order valence-electron chi connectivity index (χ3n) is 0. The van der Waals surface area contributed by atoms with Gasteiger partial charge in [0.2, 0.25) is 0 Å². The smallest absolute Gasteiger partial charge is 0.353 e. The quantitative estimate of drug-likeness (QED) is 0.368. The molecule has 7 heteroatoms. The van der Waals surface area contributed by atoms with E-state index in [0.29, 0.717) is 0 Å². The third kappa shape index (κ3) is 2260. The summed E-state index contributed by atoms with van der Waals surface area (Å²) in [6, 6.07) is 0. The summed E-state index contributed by atoms with van der Waals surface area (Å²) in [6.07, 6.45) is 0. The Morgan fingerprint density at radius 1 is 1.67 bits per heavy atom. The maximum Gasteiger partial charge on any atom is 0.353 e. The van der Waals surface area contributed by atoms with E-state index in [9.17, 15) is 0 Å². The molecule has 5 nitrogen and oxygen atoms in total. The lowest BCUT2D eigenvalue weighted by Crippen LogP contribution is -2.16. The van der Waals surface area contributed by atoms with Gasteiger partial charge in [-0.1, -0.05) is 0 Å². The molecule has 0 rings (SSSR count). The lowest BCUT2D eigenvalue weighted by atomic mass is 10.9. The standard InChI is InChI=1S/C2H4O2.ClHO3S/c1-2(3)4;1-5(2,3)4/h1H3,(H,3,4);(H,2,3,4)/p-1. The van der Waals surface area contributed by atoms with Gasteiger partial charge in [-0.05, 0) is 6.92 Å². The predicted molar refractivity (Wildman–Crippen MR) is 28.1 cm³/mol. The van der Waals surface area contributed by atoms with Crippen LogP contribution < -0.4 is 5.11 Å². The highest BCUT2D eigenvalue weighted by Gasteiger charge is 1.86. The van der Waals surface area contributed by atoms with E-state index in [4.69, 9.17) is 22.9 Å². The molecule has 9 heavy (non-hydrogen) atoms. The molecule has 0 unspecified atom stereocenters. The molecule has 0 aliphatic rings. The Hall–Kier alpha value is -0.330. The lowest BCUT2D eigenvalue weighted by molar-refractivity contribution is -0.302. The van der Waals surface area contributed by atoms with Crippen LogP contribution in [0, 0.1) is 0 Å². The fourth-order valence-corrected chi connectivity index (χ4v) is 0. The number of aliphatic carboxylic acids is 1. The van der Waals surface area contributed by atoms with E-state index in [1.165, 1.54) is 0 Å². The normalized spacial score (nSPS) is 9.22. The highest BCUT2D eigenvalue weighted by molar-refractivity contribution is 8.09. The van der Waals surface area contributed by atoms with Crippen molar-refractivity contribution < 1.29 is 22.9 Å². The average Bonchev–Trinajstić information content (AvgIpc) is 1.19. The Kier molecular flexibility index (Phi) is 5.78. The van der Waals surface area contributed by atoms with Crippen LogP contribution >= 0.6 is 10.7 Å². The Bertz CT molecular complexity index is 157. The molecule has 56 valence electrons. The van der Waals surface area contributed by atoms with E-state index in [0.717, 1.165) is 6.92 Å². The molecule has 0 saturated heterocycles. The van der Waals surface area contributed by atoms with Gasteiger partial charge in [-0.25, -0.2) is 0 Å². The highest BCUT2D eigenvalue weighted by Crippen LogP contribution is 1.82. The van der Waals surface area contributed by atoms with Gasteiger partial charge in [-0.3, -0.25) is 4.55 Å². The molecule has 0 aliphatic carbocycles. The van der Waals surface area contributed by atoms with Crippen LogP contribution in [0.15, 0.2) is 0 Å². The zero-order valence-electron chi connectivity index (χ0n) is 4.37. The first-order valence-corrected chi connectivity index (χ1v) is 3.84. The van der Waals surface area contributed by atoms with Crippen LogP contribution in [0.5, 0.6) is 0 Å². The summed E-state index contributed by atoms with van der Waals surface area (Å²) in [7, 11) is -0.137. The summed E-state index contributed by atoms with van der Waals surface area (Å²) in [5.74, 6) is -1.08. The Morgan fingerprint density at radius 3 is 1.67 bits per heavy atom. The Labute approximate surface area is 56.5 Å². The van der Waals surface area contributed by atoms with Crippen molar-refractivity contribution in [3.63, 3.8) is 0 Å². The number of halogens is 1. The fourth-order valence-electron chi connectivity index (χ4n) is 0. The molecule has 0 bridgehead atoms. The first-order chi connectivity index (χ1) is 3.73. The van der Waals surface area contributed by atoms with Crippen LogP contribution in [0.2, 0.25) is 0 Å². The average molecular weight is 176 g/mol. The number of hydrogen-bond acceptors (Lipinski definition) is 4. The van der Waals surface area contributed by atoms with Crippen molar-refractivity contribution in [2.75, 3.05) is 0 Å². The minimum absolute atomic E-state index is 0.972. The first-order valence-electron chi connectivity index (χ1n) is 1.58. The SMILES string of the molecule is CC(=O)[O-].O=S(=O)(O)Cl. The molecule has 0 heterocycles. The van der Waals surface area contributed by atoms with Crippen molar-refractivity contribution in [3.8, 4) is 0 Å². The summed E-state index contributed by atoms with van der Waals surface area (Å²) >= 11 is 0. The molecule has 0 amide bonds. The Morgan fingerprint density at radius 2 is 1.67 bits per heavy atom. The number of rotatable bonds is 0. The summed E-state index contributed by atoms with van der Waals surface area (Å²) in [4.78, 5) is 8.89. The molecule has 0 fully saturated rings. The van der Waals surface area contributed by atoms with Gasteiger partial charge >= 0.3 is 9.33 Å². The van der Waals surface area contributed by atoms with E-state index in [1.54, 1.807) is 0 Å². The molecule has 0 aliphatic heterocycles. The number of carbonyl (C=O) groups is 1. The van der Waals surface area contributed by atoms with Gasteiger partial charge in [0.1, 0.15) is 0 Å². The molecular weight excluding hydrogens is 172 g/mol. The fraction of sp³-hybridized carbons (Fsp3) is 0.500. The minimum Gasteiger partial charge on any atom is -0.550 e. The number of carboxylic acid groups (broad SMARTS) is 1. The van der Waals surface area contributed by atoms with Gasteiger partial charge in [0.15, 0.2) is 0 Å². The van der Waals surface area contributed by atoms with Gasteiger partial charge in [0.25, 0.3) is 0 Å². The van der Waals surface area contributed by atoms with E-state index in [2.05, 4.69) is 10.7 Å². The van der Waals surface area contributed by atoms with Gasteiger partial charge in [-0.2, -0.15) is 8.42 Å². The summed E-state index contributed by atoms with van der Waals surface area (Å²) in [6.45, 7) is 0.972. The molecule has 0 atom stereocenters. The third-order valence-corrected chi connectivity index (χ3v) is 0. The number of carbonyl (C=O) groups excluding carboxylic acids is 1. The van der Waals surface area contributed by atoms with Crippen LogP contribution in [0.25, 0.3) is 0 Å². The van der Waals surface area contributed by atoms with Gasteiger partial charge in [-0.15, -0.1) is 0 Å². The van der Waals surface area contributed by atoms with Crippen molar-refractivity contribution in [2.45, 2.75) is 6.92 Å². The molecule has 0 aromatic carbocycles. The second kappa shape index (κ2) is 4.54. The monoisotopic (exact) mass is 175 g/mol. The molecule has 0 saturated carbocycles. The first kappa shape index (κ1) is 11.5. The maximum atomic E-state index is 8.95. The van der Waals surface area contributed by atoms with E-state index < -0.39 is 15.3 Å². The van der Waals surface area contributed by atoms with Crippen molar-refractivity contribution in [1.29, 1.82) is 0 Å². The van der Waals surface area contributed by atoms with E-state index in [-0.39, 0.29) is 0 Å². The summed E-state index contributed by atoms with van der Waals surface area (Å²) < 4.78 is 25.2. The van der Waals surface area contributed by atoms with E-state index in [1.807, 2.05) is 0 Å². The molecular formula is C2H4ClO5S-. The highest BCUT2D eigenvalue weighted by atomic mass is 35.7. The Balaban J connectivity index is 0. The summed E-state index contributed by atoms with van der Waals surface area (Å²) in [5.41, 5.74) is 0. The zero-order chi connectivity index (χ0) is 8.08. The molecule has 0 spiro atoms. The van der Waals surface area contributed by atoms with Crippen molar-refractivity contribution in [1.82, 2.24) is 0 Å². The van der Waals surface area contributed by atoms with Crippen LogP contribution in [0.1, 0.15) is 6.92 Å². The van der Waals surface area contributed by atoms with E-state index >= 15 is 0 Å². The molecule has 0 aromatic heterocycles. The minimum atomic E-state index is -4.19. The zero-order valence-corrected chi connectivity index (χ0v) is 5.94. The van der Waals surface area contributed by atoms with Crippen LogP contribution in [-0.4, -0.2) is 18.9 Å². The van der Waals surface area contributed by atoms with Crippen molar-refractivity contribution in [3.05, 3.63) is 0 Å². The molecule has 0 aromatic rings.